The number of benzene rings is 1. The van der Waals surface area contributed by atoms with E-state index in [2.05, 4.69) is 20.9 Å². The number of halogens is 1. The molecule has 8 nitrogen and oxygen atoms in total. The molecule has 0 aliphatic rings. The quantitative estimate of drug-likeness (QED) is 0.266. The van der Waals surface area contributed by atoms with Crippen LogP contribution in [0.2, 0.25) is 0 Å². The van der Waals surface area contributed by atoms with E-state index >= 15 is 0 Å². The third-order valence-corrected chi connectivity index (χ3v) is 3.37. The number of aliphatic hydroxyl groups excluding tert-OH is 1. The first-order valence-corrected chi connectivity index (χ1v) is 9.75. The number of amides is 1. The van der Waals surface area contributed by atoms with Crippen molar-refractivity contribution in [3.63, 3.8) is 0 Å². The Bertz CT molecular complexity index is 632. The van der Waals surface area contributed by atoms with Crippen molar-refractivity contribution >= 4 is 12.1 Å². The molecule has 1 amide bonds. The normalized spacial score (nSPS) is 12.8. The average molecular weight is 413 g/mol. The molecule has 4 N–H and O–H groups in total. The van der Waals surface area contributed by atoms with E-state index in [4.69, 9.17) is 9.47 Å². The smallest absolute Gasteiger partial charge is 0.407 e. The van der Waals surface area contributed by atoms with Crippen LogP contribution in [0.15, 0.2) is 29.3 Å². The minimum Gasteiger partial charge on any atom is -0.491 e. The predicted molar refractivity (Wildman–Crippen MR) is 111 cm³/mol. The molecule has 0 spiro atoms. The predicted octanol–water partition coefficient (Wildman–Crippen LogP) is 2.04. The molecule has 1 aromatic rings. The summed E-state index contributed by atoms with van der Waals surface area (Å²) in [6, 6.07) is 5.60. The summed E-state index contributed by atoms with van der Waals surface area (Å²) in [5.74, 6) is 0.702. The Morgan fingerprint density at radius 3 is 2.45 bits per heavy atom. The van der Waals surface area contributed by atoms with E-state index in [1.165, 1.54) is 24.3 Å². The maximum Gasteiger partial charge on any atom is 0.407 e. The van der Waals surface area contributed by atoms with Crippen LogP contribution >= 0.6 is 0 Å². The van der Waals surface area contributed by atoms with Crippen LogP contribution in [0.1, 0.15) is 34.1 Å². The number of alkyl carbamates (subject to hydrolysis) is 1. The Balaban J connectivity index is 2.28. The van der Waals surface area contributed by atoms with Gasteiger partial charge in [-0.2, -0.15) is 0 Å². The van der Waals surface area contributed by atoms with E-state index in [1.54, 1.807) is 0 Å². The zero-order valence-corrected chi connectivity index (χ0v) is 17.6. The van der Waals surface area contributed by atoms with Gasteiger partial charge in [-0.1, -0.05) is 0 Å². The molecule has 1 rings (SSSR count). The van der Waals surface area contributed by atoms with Gasteiger partial charge in [0.15, 0.2) is 5.96 Å². The van der Waals surface area contributed by atoms with Crippen LogP contribution < -0.4 is 20.7 Å². The lowest BCUT2D eigenvalue weighted by Gasteiger charge is -2.19. The van der Waals surface area contributed by atoms with Gasteiger partial charge in [-0.05, 0) is 58.4 Å². The molecule has 0 bridgehead atoms. The van der Waals surface area contributed by atoms with Gasteiger partial charge in [0.05, 0.1) is 6.54 Å². The zero-order chi connectivity index (χ0) is 21.7. The van der Waals surface area contributed by atoms with Gasteiger partial charge in [0.1, 0.15) is 29.9 Å². The van der Waals surface area contributed by atoms with Crippen molar-refractivity contribution in [2.45, 2.75) is 45.8 Å². The SMILES string of the molecule is CCNC(=NCC(O)COc1ccc(F)cc1)NCCCNC(=O)OC(C)(C)C. The molecule has 0 aliphatic carbocycles. The minimum atomic E-state index is -0.802. The molecule has 9 heteroatoms. The highest BCUT2D eigenvalue weighted by atomic mass is 19.1. The van der Waals surface area contributed by atoms with Crippen LogP contribution in [0, 0.1) is 5.82 Å². The van der Waals surface area contributed by atoms with Crippen molar-refractivity contribution in [1.29, 1.82) is 0 Å². The van der Waals surface area contributed by atoms with E-state index in [0.717, 1.165) is 0 Å². The molecule has 1 aromatic carbocycles. The number of hydrogen-bond donors (Lipinski definition) is 4. The van der Waals surface area contributed by atoms with Gasteiger partial charge < -0.3 is 30.5 Å². The van der Waals surface area contributed by atoms with Crippen LogP contribution in [0.3, 0.4) is 0 Å². The molecule has 0 saturated carbocycles. The summed E-state index contributed by atoms with van der Waals surface area (Å²) in [7, 11) is 0. The number of nitrogens with zero attached hydrogens (tertiary/aromatic N) is 1. The molecule has 0 aromatic heterocycles. The first-order valence-electron chi connectivity index (χ1n) is 9.75. The highest BCUT2D eigenvalue weighted by molar-refractivity contribution is 5.79. The fraction of sp³-hybridized carbons (Fsp3) is 0.600. The summed E-state index contributed by atoms with van der Waals surface area (Å²) in [6.45, 7) is 9.30. The highest BCUT2D eigenvalue weighted by Crippen LogP contribution is 2.11. The van der Waals surface area contributed by atoms with Crippen molar-refractivity contribution in [3.05, 3.63) is 30.1 Å². The zero-order valence-electron chi connectivity index (χ0n) is 17.6. The van der Waals surface area contributed by atoms with Gasteiger partial charge in [0.2, 0.25) is 0 Å². The Morgan fingerprint density at radius 1 is 1.17 bits per heavy atom. The molecule has 1 unspecified atom stereocenters. The fourth-order valence-electron chi connectivity index (χ4n) is 2.11. The van der Waals surface area contributed by atoms with Crippen LogP contribution in [0.5, 0.6) is 5.75 Å². The lowest BCUT2D eigenvalue weighted by atomic mass is 10.2. The summed E-state index contributed by atoms with van der Waals surface area (Å²) >= 11 is 0. The van der Waals surface area contributed by atoms with Crippen LogP contribution in [-0.2, 0) is 4.74 Å². The Kier molecular flexibility index (Phi) is 10.8. The number of carbonyl (C=O) groups is 1. The number of guanidine groups is 1. The average Bonchev–Trinajstić information content (AvgIpc) is 2.63. The van der Waals surface area contributed by atoms with E-state index in [0.29, 0.717) is 37.8 Å². The Morgan fingerprint density at radius 2 is 1.83 bits per heavy atom. The number of hydrogen-bond acceptors (Lipinski definition) is 5. The van der Waals surface area contributed by atoms with Gasteiger partial charge >= 0.3 is 6.09 Å². The number of ether oxygens (including phenoxy) is 2. The summed E-state index contributed by atoms with van der Waals surface area (Å²) in [4.78, 5) is 15.9. The second-order valence-corrected chi connectivity index (χ2v) is 7.35. The van der Waals surface area contributed by atoms with Gasteiger partial charge in [-0.25, -0.2) is 9.18 Å². The minimum absolute atomic E-state index is 0.0499. The molecule has 0 saturated heterocycles. The molecular formula is C20H33FN4O4. The van der Waals surface area contributed by atoms with Crippen LogP contribution in [0.25, 0.3) is 0 Å². The lowest BCUT2D eigenvalue weighted by Crippen LogP contribution is -2.40. The third kappa shape index (κ3) is 12.5. The summed E-state index contributed by atoms with van der Waals surface area (Å²) < 4.78 is 23.4. The summed E-state index contributed by atoms with van der Waals surface area (Å²) in [5.41, 5.74) is -0.519. The maximum atomic E-state index is 12.9. The van der Waals surface area contributed by atoms with Crippen LogP contribution in [0.4, 0.5) is 9.18 Å². The monoisotopic (exact) mass is 412 g/mol. The number of nitrogens with one attached hydrogen (secondary N) is 3. The lowest BCUT2D eigenvalue weighted by molar-refractivity contribution is 0.0527. The van der Waals surface area contributed by atoms with Gasteiger partial charge in [-0.15, -0.1) is 0 Å². The van der Waals surface area contributed by atoms with Crippen molar-refractivity contribution in [2.24, 2.45) is 4.99 Å². The molecule has 29 heavy (non-hydrogen) atoms. The van der Waals surface area contributed by atoms with Crippen molar-refractivity contribution < 1.29 is 23.8 Å². The first-order chi connectivity index (χ1) is 13.7. The number of rotatable bonds is 10. The third-order valence-electron chi connectivity index (χ3n) is 3.37. The number of aliphatic hydroxyl groups is 1. The molecular weight excluding hydrogens is 379 g/mol. The second kappa shape index (κ2) is 12.8. The fourth-order valence-corrected chi connectivity index (χ4v) is 2.11. The van der Waals surface area contributed by atoms with E-state index in [-0.39, 0.29) is 19.0 Å². The molecule has 1 atom stereocenters. The van der Waals surface area contributed by atoms with E-state index in [9.17, 15) is 14.3 Å². The first kappa shape index (κ1) is 24.5. The maximum absolute atomic E-state index is 12.9. The molecule has 0 radical (unpaired) electrons. The summed E-state index contributed by atoms with van der Waals surface area (Å²) in [5, 5.41) is 18.9. The van der Waals surface area contributed by atoms with E-state index in [1.807, 2.05) is 27.7 Å². The highest BCUT2D eigenvalue weighted by Gasteiger charge is 2.15. The van der Waals surface area contributed by atoms with E-state index < -0.39 is 17.8 Å². The number of carbonyl (C=O) groups excluding carboxylic acids is 1. The molecule has 164 valence electrons. The van der Waals surface area contributed by atoms with Gasteiger partial charge in [-0.3, -0.25) is 4.99 Å². The molecule has 0 aliphatic heterocycles. The van der Waals surface area contributed by atoms with Gasteiger partial charge in [0, 0.05) is 19.6 Å². The number of aliphatic imine (C=N–C) groups is 1. The largest absolute Gasteiger partial charge is 0.491 e. The van der Waals surface area contributed by atoms with Crippen molar-refractivity contribution in [1.82, 2.24) is 16.0 Å². The molecule has 0 heterocycles. The molecule has 0 fully saturated rings. The van der Waals surface area contributed by atoms with Crippen molar-refractivity contribution in [3.8, 4) is 5.75 Å². The van der Waals surface area contributed by atoms with Gasteiger partial charge in [0.25, 0.3) is 0 Å². The second-order valence-electron chi connectivity index (χ2n) is 7.35. The summed E-state index contributed by atoms with van der Waals surface area (Å²) in [6.07, 6.45) is -0.563. The van der Waals surface area contributed by atoms with Crippen molar-refractivity contribution in [2.75, 3.05) is 32.8 Å². The Labute approximate surface area is 171 Å². The standard InChI is InChI=1S/C20H33FN4O4/c1-5-22-18(23-11-6-12-24-19(27)29-20(2,3)4)25-13-16(26)14-28-17-9-7-15(21)8-10-17/h7-10,16,26H,5-6,11-14H2,1-4H3,(H,24,27)(H2,22,23,25). The topological polar surface area (TPSA) is 104 Å². The Hall–Kier alpha value is -2.55. The van der Waals surface area contributed by atoms with Crippen LogP contribution in [-0.4, -0.2) is 61.7 Å².